The molecule has 2 atom stereocenters. The summed E-state index contributed by atoms with van der Waals surface area (Å²) in [6, 6.07) is 12.8. The predicted molar refractivity (Wildman–Crippen MR) is 125 cm³/mol. The number of rotatable bonds is 7. The summed E-state index contributed by atoms with van der Waals surface area (Å²) in [5.41, 5.74) is 1.32. The number of ether oxygens (including phenoxy) is 1. The number of aromatic nitrogens is 1. The van der Waals surface area contributed by atoms with Crippen LogP contribution in [0.25, 0.3) is 11.3 Å². The van der Waals surface area contributed by atoms with Gasteiger partial charge in [0.1, 0.15) is 17.6 Å². The topological polar surface area (TPSA) is 105 Å². The molecule has 0 amide bonds. The van der Waals surface area contributed by atoms with E-state index < -0.39 is 12.0 Å². The number of furan rings is 1. The summed E-state index contributed by atoms with van der Waals surface area (Å²) in [6.07, 6.45) is 1.84. The van der Waals surface area contributed by atoms with Crippen LogP contribution in [-0.2, 0) is 9.53 Å². The van der Waals surface area contributed by atoms with Gasteiger partial charge < -0.3 is 24.5 Å². The quantitative estimate of drug-likeness (QED) is 0.375. The largest absolute Gasteiger partial charge is 0.478 e. The van der Waals surface area contributed by atoms with Gasteiger partial charge in [-0.3, -0.25) is 9.78 Å². The molecule has 1 fully saturated rings. The molecule has 3 aromatic rings. The van der Waals surface area contributed by atoms with Gasteiger partial charge in [0.25, 0.3) is 0 Å². The number of carboxylic acids is 1. The van der Waals surface area contributed by atoms with Crippen LogP contribution in [-0.4, -0.2) is 45.7 Å². The Morgan fingerprint density at radius 1 is 1.27 bits per heavy atom. The van der Waals surface area contributed by atoms with Crippen LogP contribution in [0.3, 0.4) is 0 Å². The number of aromatic carboxylic acids is 1. The van der Waals surface area contributed by atoms with Crippen molar-refractivity contribution in [2.24, 2.45) is 0 Å². The van der Waals surface area contributed by atoms with Crippen LogP contribution < -0.4 is 5.32 Å². The van der Waals surface area contributed by atoms with Crippen molar-refractivity contribution in [1.29, 1.82) is 0 Å². The summed E-state index contributed by atoms with van der Waals surface area (Å²) in [7, 11) is 1.34. The number of benzene rings is 1. The summed E-state index contributed by atoms with van der Waals surface area (Å²) in [6.45, 7) is 0.317. The van der Waals surface area contributed by atoms with Gasteiger partial charge in [0.2, 0.25) is 0 Å². The third-order valence-electron chi connectivity index (χ3n) is 5.38. The number of carbonyl (C=O) groups is 2. The zero-order valence-electron chi connectivity index (χ0n) is 17.5. The molecular weight excluding hydrogens is 466 g/mol. The summed E-state index contributed by atoms with van der Waals surface area (Å²) in [5.74, 6) is -0.428. The first kappa shape index (κ1) is 22.8. The molecule has 170 valence electrons. The highest BCUT2D eigenvalue weighted by atomic mass is 35.5. The Balaban J connectivity index is 1.72. The number of nitrogens with one attached hydrogen (secondary N) is 1. The van der Waals surface area contributed by atoms with E-state index in [0.717, 1.165) is 5.69 Å². The van der Waals surface area contributed by atoms with E-state index in [4.69, 9.17) is 33.0 Å². The van der Waals surface area contributed by atoms with Crippen molar-refractivity contribution in [3.05, 3.63) is 76.8 Å². The van der Waals surface area contributed by atoms with E-state index in [1.54, 1.807) is 18.3 Å². The number of hydrogen-bond donors (Lipinski definition) is 2. The van der Waals surface area contributed by atoms with E-state index in [1.807, 2.05) is 23.1 Å². The second kappa shape index (κ2) is 9.60. The van der Waals surface area contributed by atoms with Gasteiger partial charge in [-0.2, -0.15) is 0 Å². The van der Waals surface area contributed by atoms with Gasteiger partial charge in [-0.25, -0.2) is 4.79 Å². The van der Waals surface area contributed by atoms with Gasteiger partial charge in [0.05, 0.1) is 35.9 Å². The van der Waals surface area contributed by atoms with E-state index >= 15 is 0 Å². The number of thiocarbonyl (C=S) groups is 1. The monoisotopic (exact) mass is 485 g/mol. The lowest BCUT2D eigenvalue weighted by atomic mass is 10.0. The smallest absolute Gasteiger partial charge is 0.335 e. The molecule has 0 unspecified atom stereocenters. The molecule has 2 aromatic heterocycles. The number of hydrogen-bond acceptors (Lipinski definition) is 6. The van der Waals surface area contributed by atoms with Crippen LogP contribution in [0.5, 0.6) is 0 Å². The van der Waals surface area contributed by atoms with Crippen LogP contribution >= 0.6 is 23.8 Å². The standard InChI is InChI=1S/C23H20ClN3O5S/c1-31-19(28)9-11-27-21(20(26-23(27)33)16-4-2-3-10-25-16)18-8-7-17(32-18)14-12-13(22(29)30)5-6-15(14)24/h2-8,10,12,20-21H,9,11H2,1H3,(H,26,33)(H,29,30)/t20-,21+/m0/s1. The second-order valence-electron chi connectivity index (χ2n) is 7.35. The Kier molecular flexibility index (Phi) is 6.62. The van der Waals surface area contributed by atoms with Crippen LogP contribution in [0, 0.1) is 0 Å². The maximum Gasteiger partial charge on any atom is 0.335 e. The van der Waals surface area contributed by atoms with Crippen LogP contribution in [0.2, 0.25) is 5.02 Å². The predicted octanol–water partition coefficient (Wildman–Crippen LogP) is 4.23. The Bertz CT molecular complexity index is 1200. The van der Waals surface area contributed by atoms with Gasteiger partial charge in [-0.1, -0.05) is 17.7 Å². The molecule has 0 aliphatic carbocycles. The minimum atomic E-state index is -1.06. The average molecular weight is 486 g/mol. The molecule has 10 heteroatoms. The van der Waals surface area contributed by atoms with Crippen molar-refractivity contribution in [2.45, 2.75) is 18.5 Å². The average Bonchev–Trinajstić information content (AvgIpc) is 3.42. The molecule has 0 bridgehead atoms. The number of nitrogens with zero attached hydrogens (tertiary/aromatic N) is 2. The first-order valence-electron chi connectivity index (χ1n) is 10.1. The molecule has 1 aliphatic heterocycles. The first-order chi connectivity index (χ1) is 15.9. The second-order valence-corrected chi connectivity index (χ2v) is 8.14. The highest BCUT2D eigenvalue weighted by molar-refractivity contribution is 7.80. The molecule has 1 aliphatic rings. The summed E-state index contributed by atoms with van der Waals surface area (Å²) in [4.78, 5) is 29.5. The van der Waals surface area contributed by atoms with Crippen molar-refractivity contribution in [2.75, 3.05) is 13.7 Å². The number of halogens is 1. The lowest BCUT2D eigenvalue weighted by Crippen LogP contribution is -2.31. The minimum Gasteiger partial charge on any atom is -0.478 e. The Morgan fingerprint density at radius 2 is 2.09 bits per heavy atom. The van der Waals surface area contributed by atoms with Gasteiger partial charge in [0, 0.05) is 18.3 Å². The fourth-order valence-corrected chi connectivity index (χ4v) is 4.32. The molecule has 0 radical (unpaired) electrons. The van der Waals surface area contributed by atoms with E-state index in [2.05, 4.69) is 10.3 Å². The van der Waals surface area contributed by atoms with Gasteiger partial charge in [-0.05, 0) is 54.7 Å². The molecule has 1 saturated heterocycles. The molecule has 0 spiro atoms. The Morgan fingerprint density at radius 3 is 2.79 bits per heavy atom. The summed E-state index contributed by atoms with van der Waals surface area (Å²) < 4.78 is 10.9. The van der Waals surface area contributed by atoms with Gasteiger partial charge >= 0.3 is 11.9 Å². The molecule has 4 rings (SSSR count). The number of methoxy groups -OCH3 is 1. The fraction of sp³-hybridized carbons (Fsp3) is 0.217. The SMILES string of the molecule is COC(=O)CCN1C(=S)N[C@@H](c2ccccn2)[C@H]1c1ccc(-c2cc(C(=O)O)ccc2Cl)o1. The maximum absolute atomic E-state index is 11.8. The molecule has 1 aromatic carbocycles. The van der Waals surface area contributed by atoms with Gasteiger partial charge in [-0.15, -0.1) is 0 Å². The molecule has 8 nitrogen and oxygen atoms in total. The normalized spacial score (nSPS) is 17.6. The van der Waals surface area contributed by atoms with Gasteiger partial charge in [0.15, 0.2) is 5.11 Å². The molecular formula is C23H20ClN3O5S. The third kappa shape index (κ3) is 4.69. The van der Waals surface area contributed by atoms with Crippen LogP contribution in [0.1, 0.15) is 40.3 Å². The number of esters is 1. The van der Waals surface area contributed by atoms with Crippen molar-refractivity contribution in [3.63, 3.8) is 0 Å². The molecule has 0 saturated carbocycles. The number of pyridine rings is 1. The molecule has 33 heavy (non-hydrogen) atoms. The highest BCUT2D eigenvalue weighted by Gasteiger charge is 2.41. The van der Waals surface area contributed by atoms with E-state index in [1.165, 1.54) is 25.3 Å². The highest BCUT2D eigenvalue weighted by Crippen LogP contribution is 2.41. The van der Waals surface area contributed by atoms with Crippen molar-refractivity contribution >= 4 is 40.9 Å². The fourth-order valence-electron chi connectivity index (χ4n) is 3.77. The van der Waals surface area contributed by atoms with E-state index in [-0.39, 0.29) is 24.0 Å². The zero-order chi connectivity index (χ0) is 23.5. The number of carboxylic acid groups (broad SMARTS) is 1. The van der Waals surface area contributed by atoms with Crippen molar-refractivity contribution in [3.8, 4) is 11.3 Å². The molecule has 3 heterocycles. The minimum absolute atomic E-state index is 0.0992. The van der Waals surface area contributed by atoms with Crippen LogP contribution in [0.4, 0.5) is 0 Å². The summed E-state index contributed by atoms with van der Waals surface area (Å²) in [5, 5.41) is 13.4. The van der Waals surface area contributed by atoms with E-state index in [0.29, 0.717) is 33.8 Å². The Hall–Kier alpha value is -3.43. The lowest BCUT2D eigenvalue weighted by molar-refractivity contribution is -0.140. The number of carbonyl (C=O) groups excluding carboxylic acids is 1. The Labute approximate surface area is 200 Å². The lowest BCUT2D eigenvalue weighted by Gasteiger charge is -2.25. The van der Waals surface area contributed by atoms with E-state index in [9.17, 15) is 14.7 Å². The third-order valence-corrected chi connectivity index (χ3v) is 6.06. The first-order valence-corrected chi connectivity index (χ1v) is 10.9. The van der Waals surface area contributed by atoms with Crippen molar-refractivity contribution < 1.29 is 23.8 Å². The maximum atomic E-state index is 11.8. The summed E-state index contributed by atoms with van der Waals surface area (Å²) >= 11 is 11.9. The van der Waals surface area contributed by atoms with Crippen molar-refractivity contribution in [1.82, 2.24) is 15.2 Å². The van der Waals surface area contributed by atoms with Crippen LogP contribution in [0.15, 0.2) is 59.1 Å². The zero-order valence-corrected chi connectivity index (χ0v) is 19.1. The molecule has 2 N–H and O–H groups in total.